The molecule has 0 aliphatic rings. The van der Waals surface area contributed by atoms with Crippen molar-refractivity contribution in [3.8, 4) is 0 Å². The third kappa shape index (κ3) is 7.18. The molecule has 0 amide bonds. The molecule has 1 atom stereocenters. The summed E-state index contributed by atoms with van der Waals surface area (Å²) in [4.78, 5) is 22.6. The van der Waals surface area contributed by atoms with Crippen LogP contribution in [0.25, 0.3) is 0 Å². The van der Waals surface area contributed by atoms with Gasteiger partial charge in [0.25, 0.3) is 0 Å². The van der Waals surface area contributed by atoms with E-state index in [-0.39, 0.29) is 23.0 Å². The summed E-state index contributed by atoms with van der Waals surface area (Å²) in [5, 5.41) is 9.52. The van der Waals surface area contributed by atoms with E-state index in [0.29, 0.717) is 0 Å². The van der Waals surface area contributed by atoms with Gasteiger partial charge in [-0.2, -0.15) is 0 Å². The number of ether oxygens (including phenoxy) is 1. The predicted molar refractivity (Wildman–Crippen MR) is 68.7 cm³/mol. The van der Waals surface area contributed by atoms with Gasteiger partial charge in [0, 0.05) is 16.7 Å². The van der Waals surface area contributed by atoms with E-state index in [2.05, 4.69) is 6.58 Å². The summed E-state index contributed by atoms with van der Waals surface area (Å²) >= 11 is 1.05. The molecule has 0 fully saturated rings. The van der Waals surface area contributed by atoms with Crippen molar-refractivity contribution < 1.29 is 19.4 Å². The highest BCUT2D eigenvalue weighted by Crippen LogP contribution is 2.23. The maximum absolute atomic E-state index is 11.5. The lowest BCUT2D eigenvalue weighted by Gasteiger charge is -2.17. The summed E-state index contributed by atoms with van der Waals surface area (Å²) in [5.74, 6) is -0.309. The van der Waals surface area contributed by atoms with Crippen LogP contribution >= 0.6 is 11.8 Å². The first kappa shape index (κ1) is 16.2. The number of aliphatic hydroxyl groups is 1. The number of esters is 1. The zero-order valence-electron chi connectivity index (χ0n) is 10.8. The van der Waals surface area contributed by atoms with Gasteiger partial charge < -0.3 is 9.84 Å². The minimum Gasteiger partial charge on any atom is -0.460 e. The largest absolute Gasteiger partial charge is 0.460 e. The molecule has 0 spiro atoms. The number of thioether (sulfide) groups is 1. The summed E-state index contributed by atoms with van der Waals surface area (Å²) in [7, 11) is 0. The second kappa shape index (κ2) is 6.81. The van der Waals surface area contributed by atoms with Crippen molar-refractivity contribution in [1.29, 1.82) is 0 Å². The first-order valence-corrected chi connectivity index (χ1v) is 6.31. The van der Waals surface area contributed by atoms with Crippen LogP contribution in [0.1, 0.15) is 27.7 Å². The third-order valence-electron chi connectivity index (χ3n) is 1.77. The normalized spacial score (nSPS) is 13.0. The number of carbonyl (C=O) groups is 2. The minimum atomic E-state index is -0.838. The van der Waals surface area contributed by atoms with Crippen LogP contribution in [0, 0.1) is 5.41 Å². The second-order valence-corrected chi connectivity index (χ2v) is 5.87. The molecule has 0 rings (SSSR count). The molecule has 0 aliphatic carbocycles. The summed E-state index contributed by atoms with van der Waals surface area (Å²) in [6.07, 6.45) is -0.838. The fourth-order valence-electron chi connectivity index (χ4n) is 0.732. The molecule has 0 saturated carbocycles. The molecule has 4 nitrogen and oxygen atoms in total. The predicted octanol–water partition coefficient (Wildman–Crippen LogP) is 1.77. The van der Waals surface area contributed by atoms with Gasteiger partial charge in [-0.15, -0.1) is 0 Å². The Kier molecular flexibility index (Phi) is 6.49. The van der Waals surface area contributed by atoms with E-state index in [1.54, 1.807) is 0 Å². The fraction of sp³-hybridized carbons (Fsp3) is 0.667. The van der Waals surface area contributed by atoms with Crippen molar-refractivity contribution in [3.63, 3.8) is 0 Å². The first-order valence-electron chi connectivity index (χ1n) is 5.32. The zero-order chi connectivity index (χ0) is 13.6. The van der Waals surface area contributed by atoms with Gasteiger partial charge in [0.05, 0.1) is 6.10 Å². The van der Waals surface area contributed by atoms with E-state index in [4.69, 9.17) is 4.74 Å². The minimum absolute atomic E-state index is 0.00257. The Hall–Kier alpha value is -0.810. The van der Waals surface area contributed by atoms with Gasteiger partial charge in [-0.25, -0.2) is 4.79 Å². The van der Waals surface area contributed by atoms with Crippen molar-refractivity contribution >= 4 is 22.8 Å². The van der Waals surface area contributed by atoms with Crippen LogP contribution in [0.5, 0.6) is 0 Å². The van der Waals surface area contributed by atoms with Crippen LogP contribution in [-0.2, 0) is 14.3 Å². The summed E-state index contributed by atoms with van der Waals surface area (Å²) < 4.78 is 4.77. The molecule has 1 N–H and O–H groups in total. The molecule has 0 heterocycles. The Morgan fingerprint density at radius 2 is 1.94 bits per heavy atom. The average Bonchev–Trinajstić information content (AvgIpc) is 2.20. The van der Waals surface area contributed by atoms with E-state index in [1.807, 2.05) is 20.8 Å². The van der Waals surface area contributed by atoms with E-state index < -0.39 is 17.5 Å². The van der Waals surface area contributed by atoms with Crippen LogP contribution < -0.4 is 0 Å². The Morgan fingerprint density at radius 3 is 2.35 bits per heavy atom. The van der Waals surface area contributed by atoms with Crippen molar-refractivity contribution in [2.45, 2.75) is 33.8 Å². The smallest absolute Gasteiger partial charge is 0.333 e. The summed E-state index contributed by atoms with van der Waals surface area (Å²) in [5.41, 5.74) is -0.144. The molecule has 1 unspecified atom stereocenters. The molecule has 0 radical (unpaired) electrons. The van der Waals surface area contributed by atoms with Crippen LogP contribution in [0.2, 0.25) is 0 Å². The highest BCUT2D eigenvalue weighted by atomic mass is 32.2. The molecule has 0 aromatic heterocycles. The fourth-order valence-corrected chi connectivity index (χ4v) is 1.60. The molecular weight excluding hydrogens is 240 g/mol. The number of carbonyl (C=O) groups excluding carboxylic acids is 2. The Morgan fingerprint density at radius 1 is 1.41 bits per heavy atom. The monoisotopic (exact) mass is 260 g/mol. The summed E-state index contributed by atoms with van der Waals surface area (Å²) in [6.45, 7) is 10.3. The lowest BCUT2D eigenvalue weighted by Crippen LogP contribution is -2.24. The van der Waals surface area contributed by atoms with Crippen molar-refractivity contribution in [1.82, 2.24) is 0 Å². The summed E-state index contributed by atoms with van der Waals surface area (Å²) in [6, 6.07) is 0. The number of hydrogen-bond acceptors (Lipinski definition) is 5. The maximum atomic E-state index is 11.5. The van der Waals surface area contributed by atoms with Crippen molar-refractivity contribution in [3.05, 3.63) is 12.2 Å². The molecule has 17 heavy (non-hydrogen) atoms. The van der Waals surface area contributed by atoms with Gasteiger partial charge in [-0.3, -0.25) is 4.79 Å². The Labute approximate surface area is 106 Å². The standard InChI is InChI=1S/C12H20O4S/c1-8(2)10(14)16-6-9(13)7-17-11(15)12(3,4)5/h9,13H,1,6-7H2,2-5H3. The lowest BCUT2D eigenvalue weighted by molar-refractivity contribution is -0.141. The SMILES string of the molecule is C=C(C)C(=O)OCC(O)CSC(=O)C(C)(C)C. The maximum Gasteiger partial charge on any atom is 0.333 e. The van der Waals surface area contributed by atoms with E-state index in [1.165, 1.54) is 6.92 Å². The highest BCUT2D eigenvalue weighted by Gasteiger charge is 2.22. The van der Waals surface area contributed by atoms with E-state index in [0.717, 1.165) is 11.8 Å². The van der Waals surface area contributed by atoms with Crippen LogP contribution in [0.3, 0.4) is 0 Å². The first-order chi connectivity index (χ1) is 7.64. The molecule has 0 aliphatic heterocycles. The molecular formula is C12H20O4S. The molecule has 0 aromatic rings. The third-order valence-corrected chi connectivity index (χ3v) is 3.20. The van der Waals surface area contributed by atoms with Gasteiger partial charge in [0.15, 0.2) is 5.12 Å². The van der Waals surface area contributed by atoms with E-state index in [9.17, 15) is 14.7 Å². The molecule has 0 bridgehead atoms. The molecule has 0 aromatic carbocycles. The number of rotatable bonds is 5. The topological polar surface area (TPSA) is 63.6 Å². The van der Waals surface area contributed by atoms with Gasteiger partial charge in [-0.05, 0) is 6.92 Å². The van der Waals surface area contributed by atoms with Gasteiger partial charge in [-0.1, -0.05) is 39.1 Å². The van der Waals surface area contributed by atoms with Crippen molar-refractivity contribution in [2.24, 2.45) is 5.41 Å². The van der Waals surface area contributed by atoms with Gasteiger partial charge in [0.1, 0.15) is 6.61 Å². The van der Waals surface area contributed by atoms with Crippen molar-refractivity contribution in [2.75, 3.05) is 12.4 Å². The molecule has 98 valence electrons. The lowest BCUT2D eigenvalue weighted by atomic mass is 10.00. The van der Waals surface area contributed by atoms with Gasteiger partial charge in [0.2, 0.25) is 0 Å². The Balaban J connectivity index is 3.89. The molecule has 5 heteroatoms. The quantitative estimate of drug-likeness (QED) is 0.603. The van der Waals surface area contributed by atoms with Gasteiger partial charge >= 0.3 is 5.97 Å². The highest BCUT2D eigenvalue weighted by molar-refractivity contribution is 8.13. The van der Waals surface area contributed by atoms with E-state index >= 15 is 0 Å². The van der Waals surface area contributed by atoms with Crippen LogP contribution in [-0.4, -0.2) is 34.7 Å². The molecule has 0 saturated heterocycles. The van der Waals surface area contributed by atoms with Crippen LogP contribution in [0.15, 0.2) is 12.2 Å². The number of hydrogen-bond donors (Lipinski definition) is 1. The van der Waals surface area contributed by atoms with Crippen LogP contribution in [0.4, 0.5) is 0 Å². The zero-order valence-corrected chi connectivity index (χ0v) is 11.6. The number of aliphatic hydroxyl groups excluding tert-OH is 1. The Bertz CT molecular complexity index is 304. The average molecular weight is 260 g/mol. The second-order valence-electron chi connectivity index (χ2n) is 4.88.